The summed E-state index contributed by atoms with van der Waals surface area (Å²) in [4.78, 5) is 0.171. The maximum absolute atomic E-state index is 6.60. The van der Waals surface area contributed by atoms with E-state index in [0.29, 0.717) is 5.38 Å². The fourth-order valence-corrected chi connectivity index (χ4v) is 4.85. The average Bonchev–Trinajstić information content (AvgIpc) is 2.37. The lowest BCUT2D eigenvalue weighted by Gasteiger charge is -2.33. The van der Waals surface area contributed by atoms with E-state index in [2.05, 4.69) is 0 Å². The number of halogens is 2. The predicted octanol–water partition coefficient (Wildman–Crippen LogP) is 3.41. The third kappa shape index (κ3) is 0.812. The van der Waals surface area contributed by atoms with Crippen molar-refractivity contribution in [1.29, 1.82) is 0 Å². The summed E-state index contributed by atoms with van der Waals surface area (Å²) in [6.07, 6.45) is 6.31. The Bertz CT molecular complexity index is 216. The molecule has 0 aromatic rings. The van der Waals surface area contributed by atoms with Crippen molar-refractivity contribution in [2.24, 2.45) is 17.8 Å². The molecular weight excluding hydrogens is 191 g/mol. The van der Waals surface area contributed by atoms with Crippen molar-refractivity contribution in [2.75, 3.05) is 0 Å². The zero-order valence-corrected chi connectivity index (χ0v) is 8.61. The first-order valence-electron chi connectivity index (χ1n) is 5.04. The van der Waals surface area contributed by atoms with Crippen LogP contribution in [0.15, 0.2) is 0 Å². The molecule has 68 valence electrons. The molecule has 0 nitrogen and oxygen atoms in total. The molecule has 0 amide bonds. The molecule has 0 unspecified atom stereocenters. The predicted molar refractivity (Wildman–Crippen MR) is 51.8 cm³/mol. The summed E-state index contributed by atoms with van der Waals surface area (Å²) < 4.78 is 0. The Balaban J connectivity index is 2.00. The van der Waals surface area contributed by atoms with Crippen LogP contribution in [0, 0.1) is 17.8 Å². The minimum Gasteiger partial charge on any atom is -0.123 e. The molecule has 3 aliphatic carbocycles. The molecule has 0 saturated heterocycles. The molecule has 0 radical (unpaired) electrons. The van der Waals surface area contributed by atoms with Crippen LogP contribution in [0.3, 0.4) is 0 Å². The van der Waals surface area contributed by atoms with Crippen molar-refractivity contribution in [3.8, 4) is 0 Å². The van der Waals surface area contributed by atoms with Crippen molar-refractivity contribution >= 4 is 23.2 Å². The van der Waals surface area contributed by atoms with Crippen LogP contribution in [0.25, 0.3) is 0 Å². The summed E-state index contributed by atoms with van der Waals surface area (Å²) in [5.41, 5.74) is 0. The zero-order chi connectivity index (χ0) is 8.34. The monoisotopic (exact) mass is 204 g/mol. The normalized spacial score (nSPS) is 62.5. The first-order chi connectivity index (χ1) is 5.71. The van der Waals surface area contributed by atoms with E-state index in [9.17, 15) is 0 Å². The van der Waals surface area contributed by atoms with Crippen LogP contribution in [0.2, 0.25) is 0 Å². The maximum Gasteiger partial charge on any atom is 0.0478 e. The second-order valence-electron chi connectivity index (χ2n) is 4.80. The van der Waals surface area contributed by atoms with Gasteiger partial charge in [0.1, 0.15) is 0 Å². The van der Waals surface area contributed by atoms with Gasteiger partial charge in [0.05, 0.1) is 0 Å². The van der Waals surface area contributed by atoms with Crippen LogP contribution in [-0.4, -0.2) is 10.3 Å². The molecule has 3 aliphatic rings. The molecule has 12 heavy (non-hydrogen) atoms. The van der Waals surface area contributed by atoms with E-state index in [1.807, 2.05) is 0 Å². The summed E-state index contributed by atoms with van der Waals surface area (Å²) in [5.74, 6) is 2.46. The fraction of sp³-hybridized carbons (Fsp3) is 1.00. The molecule has 0 aromatic carbocycles. The number of alkyl halides is 2. The van der Waals surface area contributed by atoms with Gasteiger partial charge in [-0.1, -0.05) is 0 Å². The van der Waals surface area contributed by atoms with E-state index in [0.717, 1.165) is 17.8 Å². The Hall–Kier alpha value is 0.580. The molecule has 0 N–H and O–H groups in total. The average molecular weight is 205 g/mol. The molecular formula is C10H14Cl2. The molecule has 5 atom stereocenters. The van der Waals surface area contributed by atoms with E-state index < -0.39 is 0 Å². The first-order valence-corrected chi connectivity index (χ1v) is 5.85. The van der Waals surface area contributed by atoms with E-state index in [-0.39, 0.29) is 4.87 Å². The van der Waals surface area contributed by atoms with E-state index >= 15 is 0 Å². The van der Waals surface area contributed by atoms with Gasteiger partial charge < -0.3 is 0 Å². The first kappa shape index (κ1) is 7.94. The number of hydrogen-bond acceptors (Lipinski definition) is 0. The lowest BCUT2D eigenvalue weighted by molar-refractivity contribution is 0.247. The maximum atomic E-state index is 6.60. The van der Waals surface area contributed by atoms with E-state index in [1.165, 1.54) is 32.1 Å². The topological polar surface area (TPSA) is 0 Å². The fourth-order valence-electron chi connectivity index (χ4n) is 3.87. The van der Waals surface area contributed by atoms with Crippen molar-refractivity contribution in [3.63, 3.8) is 0 Å². The van der Waals surface area contributed by atoms with Crippen LogP contribution in [0.1, 0.15) is 32.1 Å². The summed E-state index contributed by atoms with van der Waals surface area (Å²) in [6.45, 7) is 0. The number of hydrogen-bond donors (Lipinski definition) is 0. The van der Waals surface area contributed by atoms with E-state index in [4.69, 9.17) is 23.2 Å². The molecule has 0 spiro atoms. The van der Waals surface area contributed by atoms with Gasteiger partial charge in [-0.25, -0.2) is 0 Å². The molecule has 3 fully saturated rings. The Labute approximate surface area is 83.6 Å². The van der Waals surface area contributed by atoms with Gasteiger partial charge in [0, 0.05) is 10.3 Å². The highest BCUT2D eigenvalue weighted by molar-refractivity contribution is 6.25. The standard InChI is InChI=1S/C10H14Cl2/c11-9-5-8-6-1-3-10(8,12)4-2-7(6)9/h6-9H,1-5H2/t6-,7+,8+,9+,10-/m1/s1. The van der Waals surface area contributed by atoms with Gasteiger partial charge in [0.15, 0.2) is 0 Å². The largest absolute Gasteiger partial charge is 0.123 e. The third-order valence-electron chi connectivity index (χ3n) is 4.46. The van der Waals surface area contributed by atoms with Crippen LogP contribution < -0.4 is 0 Å². The zero-order valence-electron chi connectivity index (χ0n) is 7.10. The van der Waals surface area contributed by atoms with Gasteiger partial charge >= 0.3 is 0 Å². The highest BCUT2D eigenvalue weighted by atomic mass is 35.5. The lowest BCUT2D eigenvalue weighted by atomic mass is 9.78. The van der Waals surface area contributed by atoms with Gasteiger partial charge in [-0.3, -0.25) is 0 Å². The number of rotatable bonds is 0. The summed E-state index contributed by atoms with van der Waals surface area (Å²) >= 11 is 12.9. The molecule has 4 bridgehead atoms. The molecule has 3 saturated carbocycles. The van der Waals surface area contributed by atoms with Gasteiger partial charge in [0.25, 0.3) is 0 Å². The third-order valence-corrected chi connectivity index (χ3v) is 5.62. The van der Waals surface area contributed by atoms with Crippen LogP contribution >= 0.6 is 23.2 Å². The molecule has 0 aromatic heterocycles. The Morgan fingerprint density at radius 3 is 2.42 bits per heavy atom. The SMILES string of the molecule is Cl[C@H]1C[C@H]2[C@@H]3CC[C@@]2(Cl)CC[C@@H]31. The Kier molecular flexibility index (Phi) is 1.54. The van der Waals surface area contributed by atoms with Crippen molar-refractivity contribution in [1.82, 2.24) is 0 Å². The molecule has 2 heteroatoms. The summed E-state index contributed by atoms with van der Waals surface area (Å²) in [7, 11) is 0. The lowest BCUT2D eigenvalue weighted by Crippen LogP contribution is -2.32. The minimum absolute atomic E-state index is 0.171. The second kappa shape index (κ2) is 2.33. The van der Waals surface area contributed by atoms with Crippen LogP contribution in [0.4, 0.5) is 0 Å². The smallest absolute Gasteiger partial charge is 0.0478 e. The summed E-state index contributed by atoms with van der Waals surface area (Å²) in [6, 6.07) is 0. The van der Waals surface area contributed by atoms with Crippen LogP contribution in [-0.2, 0) is 0 Å². The van der Waals surface area contributed by atoms with Crippen molar-refractivity contribution < 1.29 is 0 Å². The van der Waals surface area contributed by atoms with Crippen LogP contribution in [0.5, 0.6) is 0 Å². The van der Waals surface area contributed by atoms with E-state index in [1.54, 1.807) is 0 Å². The van der Waals surface area contributed by atoms with Gasteiger partial charge in [0.2, 0.25) is 0 Å². The Morgan fingerprint density at radius 1 is 1.08 bits per heavy atom. The van der Waals surface area contributed by atoms with Crippen molar-refractivity contribution in [2.45, 2.75) is 42.4 Å². The highest BCUT2D eigenvalue weighted by Gasteiger charge is 2.58. The second-order valence-corrected chi connectivity index (χ2v) is 6.11. The van der Waals surface area contributed by atoms with Gasteiger partial charge in [-0.15, -0.1) is 23.2 Å². The van der Waals surface area contributed by atoms with Crippen molar-refractivity contribution in [3.05, 3.63) is 0 Å². The Morgan fingerprint density at radius 2 is 1.75 bits per heavy atom. The van der Waals surface area contributed by atoms with Gasteiger partial charge in [-0.2, -0.15) is 0 Å². The summed E-state index contributed by atoms with van der Waals surface area (Å²) in [5, 5.41) is 0.445. The molecule has 3 rings (SSSR count). The molecule has 0 heterocycles. The quantitative estimate of drug-likeness (QED) is 0.531. The molecule has 0 aliphatic heterocycles. The minimum atomic E-state index is 0.171. The van der Waals surface area contributed by atoms with Gasteiger partial charge in [-0.05, 0) is 49.9 Å². The highest BCUT2D eigenvalue weighted by Crippen LogP contribution is 2.63.